The summed E-state index contributed by atoms with van der Waals surface area (Å²) in [5, 5.41) is 17.4. The zero-order valence-electron chi connectivity index (χ0n) is 12.5. The first-order valence-electron chi connectivity index (χ1n) is 7.40. The minimum Gasteiger partial charge on any atom is -0.497 e. The molecule has 2 N–H and O–H groups in total. The van der Waals surface area contributed by atoms with Crippen LogP contribution in [0, 0.1) is 0 Å². The second kappa shape index (κ2) is 6.81. The van der Waals surface area contributed by atoms with Crippen LogP contribution in [0.2, 0.25) is 0 Å². The highest BCUT2D eigenvalue weighted by Crippen LogP contribution is 2.24. The predicted octanol–water partition coefficient (Wildman–Crippen LogP) is 2.05. The topological polar surface area (TPSA) is 76.8 Å². The molecule has 1 saturated heterocycles. The Bertz CT molecular complexity index is 608. The molecule has 0 spiro atoms. The Morgan fingerprint density at radius 2 is 2.27 bits per heavy atom. The van der Waals surface area contributed by atoms with Crippen molar-refractivity contribution in [2.24, 2.45) is 0 Å². The number of hydrogen-bond donors (Lipinski definition) is 2. The number of aromatic nitrogens is 1. The molecule has 0 unspecified atom stereocenters. The summed E-state index contributed by atoms with van der Waals surface area (Å²) in [6.45, 7) is 1.19. The van der Waals surface area contributed by atoms with Gasteiger partial charge in [0, 0.05) is 18.2 Å². The van der Waals surface area contributed by atoms with Gasteiger partial charge in [-0.1, -0.05) is 11.2 Å². The fraction of sp³-hybridized carbons (Fsp3) is 0.438. The Balaban J connectivity index is 1.59. The summed E-state index contributed by atoms with van der Waals surface area (Å²) in [4.78, 5) is 0. The predicted molar refractivity (Wildman–Crippen MR) is 79.8 cm³/mol. The minimum absolute atomic E-state index is 0.0530. The Hall–Kier alpha value is -2.05. The molecular weight excluding hydrogens is 284 g/mol. The maximum Gasteiger partial charge on any atom is 0.174 e. The van der Waals surface area contributed by atoms with Crippen LogP contribution in [0.15, 0.2) is 34.9 Å². The minimum atomic E-state index is -0.642. The third-order valence-corrected chi connectivity index (χ3v) is 3.78. The lowest BCUT2D eigenvalue weighted by Crippen LogP contribution is -2.28. The third kappa shape index (κ3) is 3.40. The number of aliphatic hydroxyl groups excluding tert-OH is 1. The van der Waals surface area contributed by atoms with E-state index in [-0.39, 0.29) is 12.6 Å². The zero-order chi connectivity index (χ0) is 15.4. The number of hydrogen-bond acceptors (Lipinski definition) is 6. The molecule has 1 fully saturated rings. The summed E-state index contributed by atoms with van der Waals surface area (Å²) in [6.07, 6.45) is 1.38. The molecule has 0 radical (unpaired) electrons. The molecule has 0 aliphatic carbocycles. The first kappa shape index (κ1) is 14.9. The Morgan fingerprint density at radius 1 is 1.41 bits per heavy atom. The summed E-state index contributed by atoms with van der Waals surface area (Å²) >= 11 is 0. The molecule has 1 aromatic heterocycles. The number of methoxy groups -OCH3 is 1. The summed E-state index contributed by atoms with van der Waals surface area (Å²) in [6, 6.07) is 9.15. The van der Waals surface area contributed by atoms with E-state index < -0.39 is 6.10 Å². The lowest BCUT2D eigenvalue weighted by atomic mass is 10.1. The summed E-state index contributed by atoms with van der Waals surface area (Å²) in [7, 11) is 1.61. The molecule has 0 amide bonds. The maximum atomic E-state index is 10.2. The normalized spacial score (nSPS) is 19.1. The van der Waals surface area contributed by atoms with Crippen molar-refractivity contribution >= 4 is 0 Å². The van der Waals surface area contributed by atoms with Crippen molar-refractivity contribution in [3.05, 3.63) is 41.8 Å². The molecule has 0 bridgehead atoms. The molecule has 1 aliphatic rings. The third-order valence-electron chi connectivity index (χ3n) is 3.78. The molecule has 6 heteroatoms. The van der Waals surface area contributed by atoms with Crippen molar-refractivity contribution in [3.8, 4) is 11.5 Å². The Morgan fingerprint density at radius 3 is 3.05 bits per heavy atom. The highest BCUT2D eigenvalue weighted by Gasteiger charge is 2.26. The lowest BCUT2D eigenvalue weighted by molar-refractivity contribution is 0.128. The number of benzene rings is 1. The molecule has 3 rings (SSSR count). The lowest BCUT2D eigenvalue weighted by Gasteiger charge is -2.14. The second-order valence-electron chi connectivity index (χ2n) is 5.33. The standard InChI is InChI=1S/C16H20N2O4/c1-20-11-4-2-5-12(8-11)21-10-13-9-15(18-22-13)16(19)14-6-3-7-17-14/h2,4-5,8-9,14,16-17,19H,3,6-7,10H2,1H3/t14-,16-/m0/s1. The van der Waals surface area contributed by atoms with E-state index in [0.29, 0.717) is 17.2 Å². The largest absolute Gasteiger partial charge is 0.497 e. The summed E-state index contributed by atoms with van der Waals surface area (Å²) in [5.74, 6) is 2.00. The van der Waals surface area contributed by atoms with Crippen LogP contribution in [-0.4, -0.2) is 30.0 Å². The molecule has 2 aromatic rings. The fourth-order valence-electron chi connectivity index (χ4n) is 2.57. The van der Waals surface area contributed by atoms with E-state index in [1.165, 1.54) is 0 Å². The highest BCUT2D eigenvalue weighted by molar-refractivity contribution is 5.32. The molecule has 0 saturated carbocycles. The first-order valence-corrected chi connectivity index (χ1v) is 7.40. The van der Waals surface area contributed by atoms with Crippen molar-refractivity contribution in [2.45, 2.75) is 31.6 Å². The van der Waals surface area contributed by atoms with Gasteiger partial charge in [0.15, 0.2) is 5.76 Å². The van der Waals surface area contributed by atoms with Crippen LogP contribution in [-0.2, 0) is 6.61 Å². The Labute approximate surface area is 129 Å². The number of aliphatic hydroxyl groups is 1. The van der Waals surface area contributed by atoms with Crippen LogP contribution in [0.25, 0.3) is 0 Å². The van der Waals surface area contributed by atoms with Crippen LogP contribution in [0.5, 0.6) is 11.5 Å². The van der Waals surface area contributed by atoms with E-state index in [1.807, 2.05) is 18.2 Å². The number of rotatable bonds is 6. The average molecular weight is 304 g/mol. The average Bonchev–Trinajstić information content (AvgIpc) is 3.24. The van der Waals surface area contributed by atoms with Gasteiger partial charge in [-0.15, -0.1) is 0 Å². The highest BCUT2D eigenvalue weighted by atomic mass is 16.5. The van der Waals surface area contributed by atoms with Crippen LogP contribution >= 0.6 is 0 Å². The molecule has 2 heterocycles. The van der Waals surface area contributed by atoms with Gasteiger partial charge in [-0.3, -0.25) is 0 Å². The molecule has 2 atom stereocenters. The summed E-state index contributed by atoms with van der Waals surface area (Å²) < 4.78 is 16.0. The SMILES string of the molecule is COc1cccc(OCc2cc([C@@H](O)[C@@H]3CCCN3)no2)c1. The summed E-state index contributed by atoms with van der Waals surface area (Å²) in [5.41, 5.74) is 0.545. The number of nitrogens with zero attached hydrogens (tertiary/aromatic N) is 1. The van der Waals surface area contributed by atoms with Crippen LogP contribution in [0.1, 0.15) is 30.4 Å². The van der Waals surface area contributed by atoms with E-state index in [1.54, 1.807) is 19.2 Å². The molecule has 1 aromatic carbocycles. The van der Waals surface area contributed by atoms with Crippen molar-refractivity contribution in [3.63, 3.8) is 0 Å². The van der Waals surface area contributed by atoms with Gasteiger partial charge in [-0.05, 0) is 31.5 Å². The van der Waals surface area contributed by atoms with Gasteiger partial charge in [-0.2, -0.15) is 0 Å². The van der Waals surface area contributed by atoms with Gasteiger partial charge >= 0.3 is 0 Å². The number of nitrogens with one attached hydrogen (secondary N) is 1. The van der Waals surface area contributed by atoms with Crippen LogP contribution in [0.4, 0.5) is 0 Å². The van der Waals surface area contributed by atoms with Gasteiger partial charge in [-0.25, -0.2) is 0 Å². The molecule has 1 aliphatic heterocycles. The fourth-order valence-corrected chi connectivity index (χ4v) is 2.57. The van der Waals surface area contributed by atoms with E-state index in [2.05, 4.69) is 10.5 Å². The Kier molecular flexibility index (Phi) is 4.60. The van der Waals surface area contributed by atoms with Crippen molar-refractivity contribution < 1.29 is 19.1 Å². The molecule has 118 valence electrons. The molecular formula is C16H20N2O4. The smallest absolute Gasteiger partial charge is 0.174 e. The van der Waals surface area contributed by atoms with E-state index >= 15 is 0 Å². The van der Waals surface area contributed by atoms with Gasteiger partial charge in [0.05, 0.1) is 7.11 Å². The van der Waals surface area contributed by atoms with Gasteiger partial charge in [0.2, 0.25) is 0 Å². The van der Waals surface area contributed by atoms with E-state index in [9.17, 15) is 5.11 Å². The first-order chi connectivity index (χ1) is 10.8. The monoisotopic (exact) mass is 304 g/mol. The molecule has 22 heavy (non-hydrogen) atoms. The van der Waals surface area contributed by atoms with Gasteiger partial charge in [0.1, 0.15) is 29.9 Å². The van der Waals surface area contributed by atoms with Gasteiger partial charge < -0.3 is 24.4 Å². The van der Waals surface area contributed by atoms with Crippen molar-refractivity contribution in [1.29, 1.82) is 0 Å². The zero-order valence-corrected chi connectivity index (χ0v) is 12.5. The second-order valence-corrected chi connectivity index (χ2v) is 5.33. The maximum absolute atomic E-state index is 10.2. The number of ether oxygens (including phenoxy) is 2. The van der Waals surface area contributed by atoms with E-state index in [0.717, 1.165) is 25.1 Å². The molecule has 6 nitrogen and oxygen atoms in total. The van der Waals surface area contributed by atoms with E-state index in [4.69, 9.17) is 14.0 Å². The van der Waals surface area contributed by atoms with Crippen LogP contribution in [0.3, 0.4) is 0 Å². The van der Waals surface area contributed by atoms with Crippen molar-refractivity contribution in [1.82, 2.24) is 10.5 Å². The van der Waals surface area contributed by atoms with Crippen molar-refractivity contribution in [2.75, 3.05) is 13.7 Å². The van der Waals surface area contributed by atoms with Gasteiger partial charge in [0.25, 0.3) is 0 Å². The van der Waals surface area contributed by atoms with Crippen LogP contribution < -0.4 is 14.8 Å². The quantitative estimate of drug-likeness (QED) is 0.850.